The molecule has 0 spiro atoms. The van der Waals surface area contributed by atoms with Crippen molar-refractivity contribution < 1.29 is 9.84 Å². The molecule has 1 atom stereocenters. The second-order valence-corrected chi connectivity index (χ2v) is 4.49. The van der Waals surface area contributed by atoms with Crippen LogP contribution in [-0.4, -0.2) is 18.3 Å². The lowest BCUT2D eigenvalue weighted by atomic mass is 10.1. The molecule has 4 heteroatoms. The highest BCUT2D eigenvalue weighted by atomic mass is 79.9. The molecule has 1 aromatic carbocycles. The number of halogens is 1. The van der Waals surface area contributed by atoms with Gasteiger partial charge in [-0.05, 0) is 37.5 Å². The van der Waals surface area contributed by atoms with Crippen LogP contribution in [0.25, 0.3) is 0 Å². The van der Waals surface area contributed by atoms with Gasteiger partial charge in [0.15, 0.2) is 11.5 Å². The first-order valence-corrected chi connectivity index (χ1v) is 5.65. The predicted molar refractivity (Wildman–Crippen MR) is 64.3 cm³/mol. The largest absolute Gasteiger partial charge is 0.504 e. The lowest BCUT2D eigenvalue weighted by Crippen LogP contribution is -2.15. The summed E-state index contributed by atoms with van der Waals surface area (Å²) in [4.78, 5) is 0. The van der Waals surface area contributed by atoms with E-state index in [0.717, 1.165) is 22.9 Å². The zero-order valence-corrected chi connectivity index (χ0v) is 10.5. The summed E-state index contributed by atoms with van der Waals surface area (Å²) < 4.78 is 5.94. The molecule has 0 aliphatic heterocycles. The van der Waals surface area contributed by atoms with Gasteiger partial charge in [-0.3, -0.25) is 0 Å². The summed E-state index contributed by atoms with van der Waals surface area (Å²) >= 11 is 3.44. The van der Waals surface area contributed by atoms with Gasteiger partial charge in [0.25, 0.3) is 0 Å². The molecule has 84 valence electrons. The van der Waals surface area contributed by atoms with Crippen molar-refractivity contribution in [2.75, 3.05) is 7.11 Å². The lowest BCUT2D eigenvalue weighted by Gasteiger charge is -2.10. The number of hydrogen-bond acceptors (Lipinski definition) is 3. The van der Waals surface area contributed by atoms with Crippen molar-refractivity contribution in [2.24, 2.45) is 5.73 Å². The average Bonchev–Trinajstić information content (AvgIpc) is 2.18. The Bertz CT molecular complexity index is 340. The van der Waals surface area contributed by atoms with Crippen LogP contribution in [0.15, 0.2) is 16.6 Å². The van der Waals surface area contributed by atoms with Crippen molar-refractivity contribution in [1.29, 1.82) is 0 Å². The molecule has 0 heterocycles. The molecule has 0 saturated heterocycles. The highest BCUT2D eigenvalue weighted by molar-refractivity contribution is 9.10. The van der Waals surface area contributed by atoms with E-state index in [4.69, 9.17) is 10.5 Å². The van der Waals surface area contributed by atoms with Crippen LogP contribution in [0.1, 0.15) is 18.9 Å². The normalized spacial score (nSPS) is 12.5. The van der Waals surface area contributed by atoms with Crippen LogP contribution < -0.4 is 10.5 Å². The highest BCUT2D eigenvalue weighted by Crippen LogP contribution is 2.32. The van der Waals surface area contributed by atoms with E-state index in [1.54, 1.807) is 12.1 Å². The Kier molecular flexibility index (Phi) is 4.42. The second kappa shape index (κ2) is 5.37. The molecule has 3 nitrogen and oxygen atoms in total. The highest BCUT2D eigenvalue weighted by Gasteiger charge is 2.08. The predicted octanol–water partition coefficient (Wildman–Crippen LogP) is 2.44. The molecule has 0 aliphatic rings. The van der Waals surface area contributed by atoms with Crippen LogP contribution in [0.2, 0.25) is 0 Å². The molecule has 1 aromatic rings. The maximum atomic E-state index is 9.60. The van der Waals surface area contributed by atoms with Crippen LogP contribution in [0.3, 0.4) is 0 Å². The van der Waals surface area contributed by atoms with Gasteiger partial charge in [0.2, 0.25) is 0 Å². The number of benzene rings is 1. The third-order valence-corrected chi connectivity index (χ3v) is 2.96. The van der Waals surface area contributed by atoms with Crippen LogP contribution >= 0.6 is 15.9 Å². The van der Waals surface area contributed by atoms with Crippen molar-refractivity contribution in [3.05, 3.63) is 22.2 Å². The maximum Gasteiger partial charge on any atom is 0.161 e. The Hall–Kier alpha value is -0.740. The molecular weight excluding hydrogens is 258 g/mol. The van der Waals surface area contributed by atoms with E-state index in [-0.39, 0.29) is 11.8 Å². The summed E-state index contributed by atoms with van der Waals surface area (Å²) in [5.41, 5.74) is 6.73. The number of ether oxygens (including phenoxy) is 1. The number of aromatic hydroxyl groups is 1. The Morgan fingerprint density at radius 2 is 2.20 bits per heavy atom. The fraction of sp³-hybridized carbons (Fsp3) is 0.455. The first kappa shape index (κ1) is 12.3. The average molecular weight is 274 g/mol. The topological polar surface area (TPSA) is 55.5 Å². The molecule has 3 N–H and O–H groups in total. The van der Waals surface area contributed by atoms with Crippen LogP contribution in [0.4, 0.5) is 0 Å². The van der Waals surface area contributed by atoms with Gasteiger partial charge in [-0.15, -0.1) is 0 Å². The minimum Gasteiger partial charge on any atom is -0.504 e. The van der Waals surface area contributed by atoms with Gasteiger partial charge in [0.05, 0.1) is 7.11 Å². The molecular formula is C11H16BrNO2. The van der Waals surface area contributed by atoms with Crippen LogP contribution in [0.5, 0.6) is 11.5 Å². The Labute approximate surface area is 98.4 Å². The van der Waals surface area contributed by atoms with Gasteiger partial charge >= 0.3 is 0 Å². The fourth-order valence-corrected chi connectivity index (χ4v) is 1.85. The van der Waals surface area contributed by atoms with Crippen molar-refractivity contribution in [3.63, 3.8) is 0 Å². The quantitative estimate of drug-likeness (QED) is 0.886. The summed E-state index contributed by atoms with van der Waals surface area (Å²) in [6, 6.07) is 3.65. The number of phenolic OH excluding ortho intramolecular Hbond substituents is 1. The molecule has 1 rings (SSSR count). The molecule has 0 amide bonds. The summed E-state index contributed by atoms with van der Waals surface area (Å²) in [5, 5.41) is 9.60. The van der Waals surface area contributed by atoms with Crippen LogP contribution in [0, 0.1) is 0 Å². The van der Waals surface area contributed by atoms with Crippen LogP contribution in [-0.2, 0) is 6.42 Å². The summed E-state index contributed by atoms with van der Waals surface area (Å²) in [7, 11) is 1.53. The number of rotatable bonds is 4. The van der Waals surface area contributed by atoms with Gasteiger partial charge in [-0.1, -0.05) is 15.9 Å². The number of phenols is 1. The van der Waals surface area contributed by atoms with E-state index >= 15 is 0 Å². The van der Waals surface area contributed by atoms with Crippen molar-refractivity contribution in [2.45, 2.75) is 25.8 Å². The van der Waals surface area contributed by atoms with Gasteiger partial charge in [-0.2, -0.15) is 0 Å². The van der Waals surface area contributed by atoms with Crippen molar-refractivity contribution in [1.82, 2.24) is 0 Å². The summed E-state index contributed by atoms with van der Waals surface area (Å²) in [6.45, 7) is 1.97. The van der Waals surface area contributed by atoms with Gasteiger partial charge in [0, 0.05) is 10.5 Å². The van der Waals surface area contributed by atoms with Gasteiger partial charge in [-0.25, -0.2) is 0 Å². The van der Waals surface area contributed by atoms with E-state index in [2.05, 4.69) is 15.9 Å². The van der Waals surface area contributed by atoms with E-state index < -0.39 is 0 Å². The Morgan fingerprint density at radius 1 is 1.53 bits per heavy atom. The van der Waals surface area contributed by atoms with Gasteiger partial charge in [0.1, 0.15) is 0 Å². The molecule has 0 fully saturated rings. The number of aryl methyl sites for hydroxylation is 1. The maximum absolute atomic E-state index is 9.60. The number of hydrogen-bond donors (Lipinski definition) is 2. The minimum atomic E-state index is 0.167. The molecule has 0 aliphatic carbocycles. The molecule has 0 saturated carbocycles. The summed E-state index contributed by atoms with van der Waals surface area (Å²) in [5.74, 6) is 0.645. The Balaban J connectivity index is 2.85. The smallest absolute Gasteiger partial charge is 0.161 e. The molecule has 15 heavy (non-hydrogen) atoms. The SMILES string of the molecule is COc1cc(Br)c(CC[C@@H](C)N)cc1O. The zero-order chi connectivity index (χ0) is 11.4. The lowest BCUT2D eigenvalue weighted by molar-refractivity contribution is 0.372. The van der Waals surface area contributed by atoms with Gasteiger partial charge < -0.3 is 15.6 Å². The van der Waals surface area contributed by atoms with E-state index in [1.165, 1.54) is 7.11 Å². The molecule has 0 unspecified atom stereocenters. The first-order chi connectivity index (χ1) is 7.04. The molecule has 0 aromatic heterocycles. The number of nitrogens with two attached hydrogens (primary N) is 1. The van der Waals surface area contributed by atoms with E-state index in [9.17, 15) is 5.11 Å². The molecule has 0 radical (unpaired) electrons. The molecule has 0 bridgehead atoms. The Morgan fingerprint density at radius 3 is 2.73 bits per heavy atom. The first-order valence-electron chi connectivity index (χ1n) is 4.85. The second-order valence-electron chi connectivity index (χ2n) is 3.63. The number of methoxy groups -OCH3 is 1. The minimum absolute atomic E-state index is 0.167. The zero-order valence-electron chi connectivity index (χ0n) is 8.96. The monoisotopic (exact) mass is 273 g/mol. The van der Waals surface area contributed by atoms with E-state index in [1.807, 2.05) is 6.92 Å². The fourth-order valence-electron chi connectivity index (χ4n) is 1.33. The third kappa shape index (κ3) is 3.39. The summed E-state index contributed by atoms with van der Waals surface area (Å²) in [6.07, 6.45) is 1.74. The van der Waals surface area contributed by atoms with Crippen molar-refractivity contribution in [3.8, 4) is 11.5 Å². The van der Waals surface area contributed by atoms with Crippen molar-refractivity contribution >= 4 is 15.9 Å². The third-order valence-electron chi connectivity index (χ3n) is 2.22. The standard InChI is InChI=1S/C11H16BrNO2/c1-7(13)3-4-8-5-10(14)11(15-2)6-9(8)12/h5-7,14H,3-4,13H2,1-2H3/t7-/m1/s1. The van der Waals surface area contributed by atoms with E-state index in [0.29, 0.717) is 5.75 Å².